The number of likely N-dealkylation sites (N-methyl/N-ethyl adjacent to an activating group) is 1. The molecule has 80 valence electrons. The molecule has 0 aliphatic rings. The van der Waals surface area contributed by atoms with Crippen LogP contribution in [-0.4, -0.2) is 49.2 Å². The Morgan fingerprint density at radius 2 is 1.62 bits per heavy atom. The Morgan fingerprint density at radius 3 is 1.62 bits per heavy atom. The van der Waals surface area contributed by atoms with E-state index in [0.717, 1.165) is 0 Å². The molecule has 0 aromatic heterocycles. The highest BCUT2D eigenvalue weighted by Crippen LogP contribution is 1.81. The monoisotopic (exact) mass is 190 g/mol. The van der Waals surface area contributed by atoms with Crippen LogP contribution in [0.15, 0.2) is 0 Å². The number of nitrogens with zero attached hydrogens (tertiary/aromatic N) is 1. The van der Waals surface area contributed by atoms with Crippen LogP contribution in [0, 0.1) is 0 Å². The Labute approximate surface area is 80.9 Å². The van der Waals surface area contributed by atoms with Crippen molar-refractivity contribution in [3.8, 4) is 0 Å². The summed E-state index contributed by atoms with van der Waals surface area (Å²) in [5, 5.41) is 10.3. The summed E-state index contributed by atoms with van der Waals surface area (Å²) in [4.78, 5) is 11.9. The Balaban J connectivity index is 0. The molecule has 0 aromatic carbocycles. The molecule has 0 rings (SSSR count). The lowest BCUT2D eigenvalue weighted by Crippen LogP contribution is -2.21. The fraction of sp³-hybridized carbons (Fsp3) is 0.889. The van der Waals surface area contributed by atoms with Crippen LogP contribution in [0.3, 0.4) is 0 Å². The van der Waals surface area contributed by atoms with E-state index in [9.17, 15) is 4.79 Å². The Hall–Kier alpha value is -0.610. The van der Waals surface area contributed by atoms with Crippen molar-refractivity contribution in [2.75, 3.05) is 33.2 Å². The molecule has 0 saturated heterocycles. The number of rotatable bonds is 5. The van der Waals surface area contributed by atoms with Gasteiger partial charge in [-0.2, -0.15) is 0 Å². The highest BCUT2D eigenvalue weighted by molar-refractivity contribution is 5.68. The minimum Gasteiger partial charge on any atom is -0.480 e. The molecule has 0 fully saturated rings. The predicted molar refractivity (Wildman–Crippen MR) is 55.0 cm³/mol. The number of hydrogen-bond donors (Lipinski definition) is 2. The van der Waals surface area contributed by atoms with Gasteiger partial charge in [0.15, 0.2) is 0 Å². The van der Waals surface area contributed by atoms with Gasteiger partial charge in [-0.05, 0) is 26.7 Å². The molecule has 0 spiro atoms. The SMILES string of the molecule is CCN(CC)CC.CNCC(=O)O. The largest absolute Gasteiger partial charge is 0.480 e. The number of carboxylic acids is 1. The first-order valence-corrected chi connectivity index (χ1v) is 4.70. The number of carboxylic acid groups (broad SMARTS) is 1. The zero-order valence-corrected chi connectivity index (χ0v) is 9.13. The van der Waals surface area contributed by atoms with Gasteiger partial charge >= 0.3 is 5.97 Å². The maximum absolute atomic E-state index is 9.54. The molecule has 13 heavy (non-hydrogen) atoms. The topological polar surface area (TPSA) is 52.6 Å². The molecule has 0 radical (unpaired) electrons. The molecule has 0 aromatic rings. The third-order valence-electron chi connectivity index (χ3n) is 1.67. The maximum atomic E-state index is 9.54. The van der Waals surface area contributed by atoms with E-state index < -0.39 is 5.97 Å². The summed E-state index contributed by atoms with van der Waals surface area (Å²) in [6.07, 6.45) is 0. The van der Waals surface area contributed by atoms with Crippen LogP contribution < -0.4 is 5.32 Å². The van der Waals surface area contributed by atoms with Crippen LogP contribution in [0.4, 0.5) is 0 Å². The lowest BCUT2D eigenvalue weighted by atomic mass is 10.5. The highest BCUT2D eigenvalue weighted by Gasteiger charge is 1.89. The standard InChI is InChI=1S/C6H15N.C3H7NO2/c1-4-7(5-2)6-3;1-4-2-3(5)6/h4-6H2,1-3H3;4H,2H2,1H3,(H,5,6). The van der Waals surface area contributed by atoms with E-state index in [-0.39, 0.29) is 6.54 Å². The Kier molecular flexibility index (Phi) is 13.0. The van der Waals surface area contributed by atoms with Crippen LogP contribution in [0.25, 0.3) is 0 Å². The molecule has 4 nitrogen and oxygen atoms in total. The van der Waals surface area contributed by atoms with Gasteiger partial charge in [0, 0.05) is 0 Å². The van der Waals surface area contributed by atoms with Gasteiger partial charge in [-0.25, -0.2) is 0 Å². The summed E-state index contributed by atoms with van der Waals surface area (Å²) >= 11 is 0. The molecule has 2 N–H and O–H groups in total. The van der Waals surface area contributed by atoms with Crippen LogP contribution in [-0.2, 0) is 4.79 Å². The summed E-state index contributed by atoms with van der Waals surface area (Å²) in [7, 11) is 1.59. The summed E-state index contributed by atoms with van der Waals surface area (Å²) in [6.45, 7) is 10.2. The number of carbonyl (C=O) groups is 1. The third kappa shape index (κ3) is 14.3. The minimum atomic E-state index is -0.822. The summed E-state index contributed by atoms with van der Waals surface area (Å²) in [5.74, 6) is -0.822. The van der Waals surface area contributed by atoms with Crippen molar-refractivity contribution in [2.45, 2.75) is 20.8 Å². The molecule has 4 heteroatoms. The fourth-order valence-corrected chi connectivity index (χ4v) is 0.822. The van der Waals surface area contributed by atoms with Gasteiger partial charge in [-0.1, -0.05) is 20.8 Å². The predicted octanol–water partition coefficient (Wildman–Crippen LogP) is 0.639. The van der Waals surface area contributed by atoms with Crippen molar-refractivity contribution < 1.29 is 9.90 Å². The number of hydrogen-bond acceptors (Lipinski definition) is 3. The van der Waals surface area contributed by atoms with Crippen LogP contribution in [0.2, 0.25) is 0 Å². The second-order valence-corrected chi connectivity index (χ2v) is 2.54. The van der Waals surface area contributed by atoms with Crippen LogP contribution in [0.1, 0.15) is 20.8 Å². The van der Waals surface area contributed by atoms with E-state index in [4.69, 9.17) is 5.11 Å². The highest BCUT2D eigenvalue weighted by atomic mass is 16.4. The van der Waals surface area contributed by atoms with Gasteiger partial charge < -0.3 is 15.3 Å². The van der Waals surface area contributed by atoms with E-state index in [1.54, 1.807) is 7.05 Å². The Bertz CT molecular complexity index is 109. The van der Waals surface area contributed by atoms with Crippen molar-refractivity contribution in [1.29, 1.82) is 0 Å². The molecule has 0 bridgehead atoms. The second-order valence-electron chi connectivity index (χ2n) is 2.54. The summed E-state index contributed by atoms with van der Waals surface area (Å²) in [6, 6.07) is 0. The van der Waals surface area contributed by atoms with Gasteiger partial charge in [-0.15, -0.1) is 0 Å². The van der Waals surface area contributed by atoms with E-state index in [1.165, 1.54) is 19.6 Å². The summed E-state index contributed by atoms with van der Waals surface area (Å²) < 4.78 is 0. The second kappa shape index (κ2) is 11.4. The molecular weight excluding hydrogens is 168 g/mol. The van der Waals surface area contributed by atoms with Gasteiger partial charge in [0.2, 0.25) is 0 Å². The molecule has 0 unspecified atom stereocenters. The first-order chi connectivity index (χ1) is 6.12. The molecule has 0 aliphatic carbocycles. The maximum Gasteiger partial charge on any atom is 0.317 e. The van der Waals surface area contributed by atoms with Gasteiger partial charge in [0.1, 0.15) is 0 Å². The number of aliphatic carboxylic acids is 1. The molecule has 0 atom stereocenters. The van der Waals surface area contributed by atoms with Crippen LogP contribution in [0.5, 0.6) is 0 Å². The third-order valence-corrected chi connectivity index (χ3v) is 1.67. The van der Waals surface area contributed by atoms with E-state index in [1.807, 2.05) is 0 Å². The van der Waals surface area contributed by atoms with Gasteiger partial charge in [0.25, 0.3) is 0 Å². The zero-order valence-electron chi connectivity index (χ0n) is 9.13. The quantitative estimate of drug-likeness (QED) is 0.668. The fourth-order valence-electron chi connectivity index (χ4n) is 0.822. The average Bonchev–Trinajstić information content (AvgIpc) is 2.08. The lowest BCUT2D eigenvalue weighted by Gasteiger charge is -2.13. The smallest absolute Gasteiger partial charge is 0.317 e. The van der Waals surface area contributed by atoms with E-state index >= 15 is 0 Å². The minimum absolute atomic E-state index is 0.0417. The lowest BCUT2D eigenvalue weighted by molar-refractivity contribution is -0.135. The van der Waals surface area contributed by atoms with Gasteiger partial charge in [-0.3, -0.25) is 4.79 Å². The van der Waals surface area contributed by atoms with Gasteiger partial charge in [0.05, 0.1) is 6.54 Å². The van der Waals surface area contributed by atoms with Crippen molar-refractivity contribution in [1.82, 2.24) is 10.2 Å². The normalized spacial score (nSPS) is 9.31. The molecular formula is C9H22N2O2. The number of nitrogens with one attached hydrogen (secondary N) is 1. The summed E-state index contributed by atoms with van der Waals surface area (Å²) in [5.41, 5.74) is 0. The molecule has 0 saturated carbocycles. The van der Waals surface area contributed by atoms with E-state index in [2.05, 4.69) is 31.0 Å². The van der Waals surface area contributed by atoms with Crippen molar-refractivity contribution >= 4 is 5.97 Å². The van der Waals surface area contributed by atoms with Crippen LogP contribution >= 0.6 is 0 Å². The molecule has 0 amide bonds. The van der Waals surface area contributed by atoms with E-state index in [0.29, 0.717) is 0 Å². The first-order valence-electron chi connectivity index (χ1n) is 4.70. The van der Waals surface area contributed by atoms with Crippen molar-refractivity contribution in [3.05, 3.63) is 0 Å². The molecule has 0 heterocycles. The zero-order chi connectivity index (χ0) is 10.7. The first kappa shape index (κ1) is 14.9. The molecule has 0 aliphatic heterocycles. The average molecular weight is 190 g/mol. The Morgan fingerprint density at radius 1 is 1.23 bits per heavy atom. The van der Waals surface area contributed by atoms with Crippen molar-refractivity contribution in [2.24, 2.45) is 0 Å². The van der Waals surface area contributed by atoms with Crippen molar-refractivity contribution in [3.63, 3.8) is 0 Å².